The van der Waals surface area contributed by atoms with Crippen molar-refractivity contribution in [3.63, 3.8) is 0 Å². The minimum absolute atomic E-state index is 0.0165. The molecular formula is C20H19ClF2N4O. The quantitative estimate of drug-likeness (QED) is 0.679. The first-order valence-electron chi connectivity index (χ1n) is 8.57. The second-order valence-corrected chi connectivity index (χ2v) is 6.83. The second kappa shape index (κ2) is 8.50. The highest BCUT2D eigenvalue weighted by molar-refractivity contribution is 6.32. The van der Waals surface area contributed by atoms with E-state index in [2.05, 4.69) is 10.4 Å². The maximum atomic E-state index is 14.1. The van der Waals surface area contributed by atoms with Gasteiger partial charge in [-0.05, 0) is 44.4 Å². The van der Waals surface area contributed by atoms with Crippen LogP contribution in [-0.4, -0.2) is 41.2 Å². The molecule has 0 spiro atoms. The Morgan fingerprint density at radius 2 is 1.82 bits per heavy atom. The van der Waals surface area contributed by atoms with E-state index in [4.69, 9.17) is 11.6 Å². The van der Waals surface area contributed by atoms with Crippen LogP contribution in [0, 0.1) is 11.6 Å². The van der Waals surface area contributed by atoms with Crippen molar-refractivity contribution < 1.29 is 13.6 Å². The van der Waals surface area contributed by atoms with Crippen LogP contribution < -0.4 is 5.32 Å². The van der Waals surface area contributed by atoms with Gasteiger partial charge < -0.3 is 10.2 Å². The molecular weight excluding hydrogens is 386 g/mol. The Morgan fingerprint density at radius 1 is 1.14 bits per heavy atom. The van der Waals surface area contributed by atoms with Crippen LogP contribution in [0.2, 0.25) is 5.02 Å². The lowest BCUT2D eigenvalue weighted by atomic mass is 10.0. The van der Waals surface area contributed by atoms with E-state index in [1.54, 1.807) is 49.5 Å². The summed E-state index contributed by atoms with van der Waals surface area (Å²) in [5.74, 6) is -1.76. The Balaban J connectivity index is 1.75. The van der Waals surface area contributed by atoms with Crippen molar-refractivity contribution in [1.29, 1.82) is 0 Å². The van der Waals surface area contributed by atoms with Crippen molar-refractivity contribution in [2.45, 2.75) is 6.04 Å². The highest BCUT2D eigenvalue weighted by atomic mass is 35.5. The Labute approximate surface area is 166 Å². The Bertz CT molecular complexity index is 970. The maximum Gasteiger partial charge on any atom is 0.271 e. The third-order valence-electron chi connectivity index (χ3n) is 4.33. The molecule has 0 aliphatic rings. The highest BCUT2D eigenvalue weighted by Crippen LogP contribution is 2.24. The van der Waals surface area contributed by atoms with Crippen molar-refractivity contribution in [3.05, 3.63) is 82.6 Å². The minimum Gasteiger partial charge on any atom is -0.349 e. The average Bonchev–Trinajstić information content (AvgIpc) is 3.14. The maximum absolute atomic E-state index is 14.1. The van der Waals surface area contributed by atoms with Crippen LogP contribution in [0.1, 0.15) is 22.1 Å². The number of para-hydroxylation sites is 1. The highest BCUT2D eigenvalue weighted by Gasteiger charge is 2.23. The number of aromatic nitrogens is 2. The second-order valence-electron chi connectivity index (χ2n) is 6.42. The molecule has 1 amide bonds. The molecule has 0 fully saturated rings. The summed E-state index contributed by atoms with van der Waals surface area (Å²) in [4.78, 5) is 14.1. The van der Waals surface area contributed by atoms with Crippen LogP contribution in [0.4, 0.5) is 8.78 Å². The van der Waals surface area contributed by atoms with Gasteiger partial charge in [-0.15, -0.1) is 0 Å². The van der Waals surface area contributed by atoms with E-state index in [0.29, 0.717) is 10.7 Å². The molecule has 1 heterocycles. The smallest absolute Gasteiger partial charge is 0.271 e. The van der Waals surface area contributed by atoms with Gasteiger partial charge in [0.1, 0.15) is 11.6 Å². The van der Waals surface area contributed by atoms with Crippen molar-refractivity contribution >= 4 is 17.5 Å². The van der Waals surface area contributed by atoms with E-state index >= 15 is 0 Å². The predicted molar refractivity (Wildman–Crippen MR) is 104 cm³/mol. The van der Waals surface area contributed by atoms with Gasteiger partial charge in [-0.25, -0.2) is 13.5 Å². The molecule has 0 bridgehead atoms. The Kier molecular flexibility index (Phi) is 6.06. The van der Waals surface area contributed by atoms with Gasteiger partial charge in [-0.3, -0.25) is 4.79 Å². The zero-order valence-corrected chi connectivity index (χ0v) is 16.1. The largest absolute Gasteiger partial charge is 0.349 e. The van der Waals surface area contributed by atoms with Gasteiger partial charge in [-0.2, -0.15) is 5.10 Å². The van der Waals surface area contributed by atoms with Crippen molar-refractivity contribution in [2.24, 2.45) is 0 Å². The van der Waals surface area contributed by atoms with Crippen LogP contribution in [0.5, 0.6) is 0 Å². The van der Waals surface area contributed by atoms with Crippen LogP contribution >= 0.6 is 11.6 Å². The van der Waals surface area contributed by atoms with Crippen LogP contribution in [0.15, 0.2) is 54.7 Å². The van der Waals surface area contributed by atoms with E-state index in [1.165, 1.54) is 22.9 Å². The lowest BCUT2D eigenvalue weighted by Gasteiger charge is -2.25. The molecule has 5 nitrogen and oxygen atoms in total. The molecule has 0 saturated carbocycles. The average molecular weight is 405 g/mol. The van der Waals surface area contributed by atoms with Gasteiger partial charge in [0.05, 0.1) is 16.8 Å². The van der Waals surface area contributed by atoms with Gasteiger partial charge >= 0.3 is 0 Å². The lowest BCUT2D eigenvalue weighted by Crippen LogP contribution is -2.35. The van der Waals surface area contributed by atoms with Crippen molar-refractivity contribution in [1.82, 2.24) is 20.0 Å². The van der Waals surface area contributed by atoms with Gasteiger partial charge in [-0.1, -0.05) is 29.8 Å². The third kappa shape index (κ3) is 4.21. The molecule has 1 N–H and O–H groups in total. The number of rotatable bonds is 6. The summed E-state index contributed by atoms with van der Waals surface area (Å²) in [6, 6.07) is 11.7. The summed E-state index contributed by atoms with van der Waals surface area (Å²) >= 11 is 6.14. The van der Waals surface area contributed by atoms with Gasteiger partial charge in [0, 0.05) is 18.3 Å². The summed E-state index contributed by atoms with van der Waals surface area (Å²) in [6.07, 6.45) is 1.62. The number of benzene rings is 2. The molecule has 1 atom stereocenters. The van der Waals surface area contributed by atoms with E-state index in [9.17, 15) is 13.6 Å². The first-order valence-corrected chi connectivity index (χ1v) is 8.95. The number of hydrogen-bond donors (Lipinski definition) is 1. The molecule has 28 heavy (non-hydrogen) atoms. The Hall–Kier alpha value is -2.77. The SMILES string of the molecule is CN(C)C(CNC(=O)c1ccn(-c2ccccc2Cl)n1)c1c(F)cccc1F. The summed E-state index contributed by atoms with van der Waals surface area (Å²) in [5, 5.41) is 7.42. The topological polar surface area (TPSA) is 50.2 Å². The van der Waals surface area contributed by atoms with Crippen molar-refractivity contribution in [2.75, 3.05) is 20.6 Å². The fourth-order valence-electron chi connectivity index (χ4n) is 2.87. The van der Waals surface area contributed by atoms with E-state index in [1.807, 2.05) is 6.07 Å². The fraction of sp³-hybridized carbons (Fsp3) is 0.200. The van der Waals surface area contributed by atoms with Gasteiger partial charge in [0.25, 0.3) is 5.91 Å². The first kappa shape index (κ1) is 20.0. The summed E-state index contributed by atoms with van der Waals surface area (Å²) in [5.41, 5.74) is 0.726. The molecule has 0 radical (unpaired) electrons. The van der Waals surface area contributed by atoms with E-state index in [0.717, 1.165) is 0 Å². The normalized spacial score (nSPS) is 12.2. The monoisotopic (exact) mass is 404 g/mol. The zero-order valence-electron chi connectivity index (χ0n) is 15.4. The van der Waals surface area contributed by atoms with Crippen LogP contribution in [0.3, 0.4) is 0 Å². The molecule has 3 aromatic rings. The van der Waals surface area contributed by atoms with Gasteiger partial charge in [0.2, 0.25) is 0 Å². The molecule has 8 heteroatoms. The van der Waals surface area contributed by atoms with E-state index < -0.39 is 23.6 Å². The third-order valence-corrected chi connectivity index (χ3v) is 4.65. The van der Waals surface area contributed by atoms with E-state index in [-0.39, 0.29) is 17.8 Å². The first-order chi connectivity index (χ1) is 13.4. The zero-order chi connectivity index (χ0) is 20.3. The number of hydrogen-bond acceptors (Lipinski definition) is 3. The summed E-state index contributed by atoms with van der Waals surface area (Å²) in [7, 11) is 3.38. The molecule has 1 unspecified atom stereocenters. The predicted octanol–water partition coefficient (Wildman–Crippen LogP) is 3.84. The molecule has 3 rings (SSSR count). The fourth-order valence-corrected chi connectivity index (χ4v) is 3.09. The van der Waals surface area contributed by atoms with Gasteiger partial charge in [0.15, 0.2) is 5.69 Å². The molecule has 2 aromatic carbocycles. The lowest BCUT2D eigenvalue weighted by molar-refractivity contribution is 0.0935. The van der Waals surface area contributed by atoms with Crippen LogP contribution in [-0.2, 0) is 0 Å². The molecule has 1 aromatic heterocycles. The molecule has 146 valence electrons. The number of nitrogens with zero attached hydrogens (tertiary/aromatic N) is 3. The number of carbonyl (C=O) groups excluding carboxylic acids is 1. The number of amides is 1. The number of carbonyl (C=O) groups is 1. The Morgan fingerprint density at radius 3 is 2.46 bits per heavy atom. The summed E-state index contributed by atoms with van der Waals surface area (Å²) < 4.78 is 29.8. The molecule has 0 saturated heterocycles. The standard InChI is InChI=1S/C20H19ClF2N4O/c1-26(2)18(19-14(22)7-5-8-15(19)23)12-24-20(28)16-10-11-27(25-16)17-9-4-3-6-13(17)21/h3-11,18H,12H2,1-2H3,(H,24,28). The van der Waals surface area contributed by atoms with Crippen LogP contribution in [0.25, 0.3) is 5.69 Å². The number of halogens is 3. The molecule has 0 aliphatic heterocycles. The molecule has 0 aliphatic carbocycles. The van der Waals surface area contributed by atoms with Crippen molar-refractivity contribution in [3.8, 4) is 5.69 Å². The number of nitrogens with one attached hydrogen (secondary N) is 1. The summed E-state index contributed by atoms with van der Waals surface area (Å²) in [6.45, 7) is 0.0165. The minimum atomic E-state index is -0.671. The number of likely N-dealkylation sites (N-methyl/N-ethyl adjacent to an activating group) is 1.